The van der Waals surface area contributed by atoms with Crippen molar-refractivity contribution in [2.24, 2.45) is 0 Å². The van der Waals surface area contributed by atoms with Crippen LogP contribution in [0.25, 0.3) is 10.6 Å². The van der Waals surface area contributed by atoms with Gasteiger partial charge in [-0.15, -0.1) is 11.3 Å². The lowest BCUT2D eigenvalue weighted by Gasteiger charge is -2.29. The SMILES string of the molecule is Cc1cnc(-c2cc(OC[C@H]3CN(C)CCO3)cc(C(=O)NC(C)c3ccc(C(F)(F)F)nc3)c2)s1. The molecule has 4 rings (SSSR count). The third-order valence-electron chi connectivity index (χ3n) is 5.74. The molecule has 0 radical (unpaired) electrons. The van der Waals surface area contributed by atoms with Crippen LogP contribution in [0.5, 0.6) is 5.75 Å². The molecule has 192 valence electrons. The van der Waals surface area contributed by atoms with E-state index in [-0.39, 0.29) is 6.10 Å². The monoisotopic (exact) mass is 520 g/mol. The van der Waals surface area contributed by atoms with E-state index in [9.17, 15) is 18.0 Å². The molecule has 1 saturated heterocycles. The van der Waals surface area contributed by atoms with Crippen LogP contribution < -0.4 is 10.1 Å². The number of pyridine rings is 1. The number of carbonyl (C=O) groups excluding carboxylic acids is 1. The average Bonchev–Trinajstić information content (AvgIpc) is 3.28. The minimum atomic E-state index is -4.52. The third kappa shape index (κ3) is 6.59. The number of amides is 1. The number of hydrogen-bond donors (Lipinski definition) is 1. The number of rotatable bonds is 7. The molecule has 0 bridgehead atoms. The van der Waals surface area contributed by atoms with Crippen molar-refractivity contribution in [2.75, 3.05) is 33.4 Å². The second kappa shape index (κ2) is 10.9. The second-order valence-electron chi connectivity index (χ2n) is 8.76. The molecular formula is C25H27F3N4O3S. The predicted octanol–water partition coefficient (Wildman–Crippen LogP) is 4.73. The topological polar surface area (TPSA) is 76.6 Å². The molecule has 2 aromatic heterocycles. The first-order valence-corrected chi connectivity index (χ1v) is 12.2. The molecule has 1 fully saturated rings. The molecule has 3 aromatic rings. The molecule has 1 aromatic carbocycles. The molecule has 3 heterocycles. The summed E-state index contributed by atoms with van der Waals surface area (Å²) < 4.78 is 50.2. The molecule has 11 heteroatoms. The summed E-state index contributed by atoms with van der Waals surface area (Å²) in [6.45, 7) is 6.22. The van der Waals surface area contributed by atoms with Crippen LogP contribution in [0, 0.1) is 6.92 Å². The first-order valence-electron chi connectivity index (χ1n) is 11.4. The van der Waals surface area contributed by atoms with Crippen molar-refractivity contribution < 1.29 is 27.4 Å². The Hall–Kier alpha value is -3.02. The van der Waals surface area contributed by atoms with Gasteiger partial charge in [0.05, 0.1) is 12.6 Å². The van der Waals surface area contributed by atoms with Gasteiger partial charge in [0, 0.05) is 41.5 Å². The first-order chi connectivity index (χ1) is 17.1. The van der Waals surface area contributed by atoms with E-state index in [1.807, 2.05) is 20.0 Å². The van der Waals surface area contributed by atoms with E-state index in [4.69, 9.17) is 9.47 Å². The summed E-state index contributed by atoms with van der Waals surface area (Å²) in [5.41, 5.74) is 0.564. The van der Waals surface area contributed by atoms with Gasteiger partial charge in [-0.05, 0) is 50.7 Å². The number of benzene rings is 1. The van der Waals surface area contributed by atoms with E-state index < -0.39 is 23.8 Å². The average molecular weight is 521 g/mol. The van der Waals surface area contributed by atoms with Gasteiger partial charge in [0.25, 0.3) is 5.91 Å². The Morgan fingerprint density at radius 2 is 2.08 bits per heavy atom. The van der Waals surface area contributed by atoms with Crippen LogP contribution in [-0.2, 0) is 10.9 Å². The minimum absolute atomic E-state index is 0.0843. The number of hydrogen-bond acceptors (Lipinski definition) is 7. The highest BCUT2D eigenvalue weighted by Gasteiger charge is 2.32. The highest BCUT2D eigenvalue weighted by molar-refractivity contribution is 7.14. The summed E-state index contributed by atoms with van der Waals surface area (Å²) in [5.74, 6) is 0.113. The zero-order valence-corrected chi connectivity index (χ0v) is 20.9. The molecule has 1 amide bonds. The number of thiazole rings is 1. The van der Waals surface area contributed by atoms with Gasteiger partial charge in [-0.2, -0.15) is 13.2 Å². The summed E-state index contributed by atoms with van der Waals surface area (Å²) in [7, 11) is 2.02. The molecule has 1 aliphatic rings. The number of ether oxygens (including phenoxy) is 2. The maximum absolute atomic E-state index is 13.1. The molecule has 7 nitrogen and oxygen atoms in total. The normalized spacial score (nSPS) is 17.6. The Morgan fingerprint density at radius 3 is 2.72 bits per heavy atom. The van der Waals surface area contributed by atoms with Crippen LogP contribution in [0.4, 0.5) is 13.2 Å². The molecule has 0 aliphatic carbocycles. The van der Waals surface area contributed by atoms with Crippen molar-refractivity contribution in [2.45, 2.75) is 32.2 Å². The summed E-state index contributed by atoms with van der Waals surface area (Å²) in [6.07, 6.45) is -1.72. The number of carbonyl (C=O) groups is 1. The fourth-order valence-corrected chi connectivity index (χ4v) is 4.53. The smallest absolute Gasteiger partial charge is 0.433 e. The number of aryl methyl sites for hydroxylation is 1. The van der Waals surface area contributed by atoms with Crippen molar-refractivity contribution in [1.82, 2.24) is 20.2 Å². The molecule has 0 spiro atoms. The number of morpholine rings is 1. The number of nitrogens with zero attached hydrogens (tertiary/aromatic N) is 3. The third-order valence-corrected chi connectivity index (χ3v) is 6.70. The van der Waals surface area contributed by atoms with Crippen LogP contribution >= 0.6 is 11.3 Å². The van der Waals surface area contributed by atoms with Crippen LogP contribution in [0.15, 0.2) is 42.7 Å². The van der Waals surface area contributed by atoms with Crippen molar-refractivity contribution in [3.05, 3.63) is 64.4 Å². The van der Waals surface area contributed by atoms with E-state index >= 15 is 0 Å². The van der Waals surface area contributed by atoms with Crippen LogP contribution in [0.2, 0.25) is 0 Å². The lowest BCUT2D eigenvalue weighted by molar-refractivity contribution is -0.141. The van der Waals surface area contributed by atoms with Crippen LogP contribution in [-0.4, -0.2) is 60.2 Å². The fourth-order valence-electron chi connectivity index (χ4n) is 3.77. The van der Waals surface area contributed by atoms with Gasteiger partial charge < -0.3 is 19.7 Å². The molecule has 2 atom stereocenters. The van der Waals surface area contributed by atoms with E-state index in [1.165, 1.54) is 17.4 Å². The summed E-state index contributed by atoms with van der Waals surface area (Å²) in [4.78, 5) is 24.2. The number of halogens is 3. The number of alkyl halides is 3. The van der Waals surface area contributed by atoms with Crippen LogP contribution in [0.1, 0.15) is 39.5 Å². The standard InChI is InChI=1S/C25H27F3N4O3S/c1-15-11-30-24(36-15)19-8-18(9-20(10-19)35-14-21-13-32(3)6-7-34-21)23(33)31-16(2)17-4-5-22(29-12-17)25(26,27)28/h4-5,8-12,16,21H,6-7,13-14H2,1-3H3,(H,31,33)/t16?,21-/m1/s1. The summed E-state index contributed by atoms with van der Waals surface area (Å²) in [6, 6.07) is 6.86. The molecule has 1 unspecified atom stereocenters. The lowest BCUT2D eigenvalue weighted by Crippen LogP contribution is -2.42. The van der Waals surface area contributed by atoms with Gasteiger partial charge in [0.15, 0.2) is 0 Å². The van der Waals surface area contributed by atoms with Gasteiger partial charge in [0.1, 0.15) is 29.2 Å². The van der Waals surface area contributed by atoms with Gasteiger partial charge >= 0.3 is 6.18 Å². The molecule has 36 heavy (non-hydrogen) atoms. The summed E-state index contributed by atoms with van der Waals surface area (Å²) in [5, 5.41) is 3.58. The molecule has 0 saturated carbocycles. The van der Waals surface area contributed by atoms with Crippen molar-refractivity contribution in [3.63, 3.8) is 0 Å². The maximum Gasteiger partial charge on any atom is 0.433 e. The molecule has 1 N–H and O–H groups in total. The highest BCUT2D eigenvalue weighted by Crippen LogP contribution is 2.31. The molecule has 1 aliphatic heterocycles. The quantitative estimate of drug-likeness (QED) is 0.485. The Bertz CT molecular complexity index is 1200. The zero-order valence-electron chi connectivity index (χ0n) is 20.1. The van der Waals surface area contributed by atoms with E-state index in [0.717, 1.165) is 40.8 Å². The fraction of sp³-hybridized carbons (Fsp3) is 0.400. The maximum atomic E-state index is 13.1. The van der Waals surface area contributed by atoms with Gasteiger partial charge in [-0.25, -0.2) is 4.98 Å². The Labute approximate surface area is 211 Å². The lowest BCUT2D eigenvalue weighted by atomic mass is 10.1. The number of likely N-dealkylation sites (N-methyl/N-ethyl adjacent to an activating group) is 1. The zero-order chi connectivity index (χ0) is 25.9. The first kappa shape index (κ1) is 26.1. The van der Waals surface area contributed by atoms with E-state index in [1.54, 1.807) is 25.3 Å². The van der Waals surface area contributed by atoms with Crippen LogP contribution in [0.3, 0.4) is 0 Å². The minimum Gasteiger partial charge on any atom is -0.491 e. The van der Waals surface area contributed by atoms with Gasteiger partial charge in [-0.3, -0.25) is 9.78 Å². The highest BCUT2D eigenvalue weighted by atomic mass is 32.1. The predicted molar refractivity (Wildman–Crippen MR) is 130 cm³/mol. The summed E-state index contributed by atoms with van der Waals surface area (Å²) >= 11 is 1.50. The number of nitrogens with one attached hydrogen (secondary N) is 1. The largest absolute Gasteiger partial charge is 0.491 e. The van der Waals surface area contributed by atoms with Gasteiger partial charge in [0.2, 0.25) is 0 Å². The molecular weight excluding hydrogens is 493 g/mol. The van der Waals surface area contributed by atoms with E-state index in [0.29, 0.717) is 30.1 Å². The Kier molecular flexibility index (Phi) is 7.91. The van der Waals surface area contributed by atoms with Crippen molar-refractivity contribution >= 4 is 17.2 Å². The number of aromatic nitrogens is 2. The second-order valence-corrected chi connectivity index (χ2v) is 9.99. The van der Waals surface area contributed by atoms with Crippen molar-refractivity contribution in [3.8, 4) is 16.3 Å². The van der Waals surface area contributed by atoms with Crippen molar-refractivity contribution in [1.29, 1.82) is 0 Å². The van der Waals surface area contributed by atoms with Gasteiger partial charge in [-0.1, -0.05) is 6.07 Å². The Morgan fingerprint density at radius 1 is 1.28 bits per heavy atom. The van der Waals surface area contributed by atoms with E-state index in [2.05, 4.69) is 20.2 Å². The Balaban J connectivity index is 1.52.